The smallest absolute Gasteiger partial charge is 0.237 e. The zero-order chi connectivity index (χ0) is 20.8. The van der Waals surface area contributed by atoms with Crippen molar-refractivity contribution in [2.24, 2.45) is 5.92 Å². The molecule has 3 rings (SSSR count). The van der Waals surface area contributed by atoms with Crippen molar-refractivity contribution < 1.29 is 13.9 Å². The summed E-state index contributed by atoms with van der Waals surface area (Å²) in [6, 6.07) is 14.5. The van der Waals surface area contributed by atoms with Crippen LogP contribution >= 0.6 is 11.8 Å². The Labute approximate surface area is 177 Å². The standard InChI is InChI=1S/C23H29FN2O2S/c1-17(2)14-25(15-18-5-4-6-21(13-18)28-3)16-22(27)26-11-12-29-23(26)19-7-9-20(24)10-8-19/h4-10,13,17,23H,11-12,14-16H2,1-3H3. The molecule has 1 unspecified atom stereocenters. The van der Waals surface area contributed by atoms with Crippen molar-refractivity contribution in [3.8, 4) is 5.75 Å². The normalized spacial score (nSPS) is 16.6. The first kappa shape index (κ1) is 21.7. The van der Waals surface area contributed by atoms with E-state index in [-0.39, 0.29) is 17.1 Å². The van der Waals surface area contributed by atoms with E-state index in [2.05, 4.69) is 24.8 Å². The number of amides is 1. The van der Waals surface area contributed by atoms with Gasteiger partial charge in [-0.25, -0.2) is 4.39 Å². The Morgan fingerprint density at radius 2 is 2.03 bits per heavy atom. The first-order valence-electron chi connectivity index (χ1n) is 9.98. The van der Waals surface area contributed by atoms with Gasteiger partial charge in [-0.15, -0.1) is 11.8 Å². The van der Waals surface area contributed by atoms with Gasteiger partial charge in [0.25, 0.3) is 0 Å². The van der Waals surface area contributed by atoms with E-state index in [9.17, 15) is 9.18 Å². The third-order valence-electron chi connectivity index (χ3n) is 4.89. The van der Waals surface area contributed by atoms with Gasteiger partial charge < -0.3 is 9.64 Å². The Kier molecular flexibility index (Phi) is 7.56. The highest BCUT2D eigenvalue weighted by Crippen LogP contribution is 2.38. The Balaban J connectivity index is 1.70. The van der Waals surface area contributed by atoms with Crippen molar-refractivity contribution in [3.63, 3.8) is 0 Å². The molecule has 1 aliphatic rings. The highest BCUT2D eigenvalue weighted by Gasteiger charge is 2.31. The molecule has 0 radical (unpaired) electrons. The van der Waals surface area contributed by atoms with E-state index in [0.29, 0.717) is 19.0 Å². The molecule has 0 spiro atoms. The van der Waals surface area contributed by atoms with E-state index in [1.165, 1.54) is 12.1 Å². The van der Waals surface area contributed by atoms with E-state index in [4.69, 9.17) is 4.74 Å². The van der Waals surface area contributed by atoms with Crippen LogP contribution in [0.4, 0.5) is 4.39 Å². The number of rotatable bonds is 8. The maximum Gasteiger partial charge on any atom is 0.237 e. The van der Waals surface area contributed by atoms with Gasteiger partial charge >= 0.3 is 0 Å². The third kappa shape index (κ3) is 5.97. The highest BCUT2D eigenvalue weighted by atomic mass is 32.2. The minimum Gasteiger partial charge on any atom is -0.497 e. The minimum atomic E-state index is -0.254. The van der Waals surface area contributed by atoms with Crippen LogP contribution in [0.2, 0.25) is 0 Å². The zero-order valence-corrected chi connectivity index (χ0v) is 18.1. The molecular formula is C23H29FN2O2S. The third-order valence-corrected chi connectivity index (χ3v) is 6.15. The monoisotopic (exact) mass is 416 g/mol. The maximum atomic E-state index is 13.3. The van der Waals surface area contributed by atoms with Gasteiger partial charge in [0.15, 0.2) is 0 Å². The van der Waals surface area contributed by atoms with E-state index in [0.717, 1.165) is 35.7 Å². The number of ether oxygens (including phenoxy) is 1. The lowest BCUT2D eigenvalue weighted by Crippen LogP contribution is -2.41. The molecule has 2 aromatic rings. The predicted octanol–water partition coefficient (Wildman–Crippen LogP) is 4.57. The summed E-state index contributed by atoms with van der Waals surface area (Å²) in [5.41, 5.74) is 2.11. The fraction of sp³-hybridized carbons (Fsp3) is 0.435. The van der Waals surface area contributed by atoms with Crippen LogP contribution in [0.1, 0.15) is 30.3 Å². The molecule has 0 saturated carbocycles. The Morgan fingerprint density at radius 1 is 1.28 bits per heavy atom. The number of nitrogens with zero attached hydrogens (tertiary/aromatic N) is 2. The number of halogens is 1. The summed E-state index contributed by atoms with van der Waals surface area (Å²) in [7, 11) is 1.66. The number of thioether (sulfide) groups is 1. The molecule has 1 amide bonds. The first-order valence-corrected chi connectivity index (χ1v) is 11.0. The molecule has 1 aliphatic heterocycles. The summed E-state index contributed by atoms with van der Waals surface area (Å²) in [6.45, 7) is 6.95. The van der Waals surface area contributed by atoms with Gasteiger partial charge in [-0.1, -0.05) is 38.1 Å². The average molecular weight is 417 g/mol. The molecule has 0 bridgehead atoms. The average Bonchev–Trinajstić information content (AvgIpc) is 3.18. The van der Waals surface area contributed by atoms with Crippen molar-refractivity contribution in [1.82, 2.24) is 9.80 Å². The predicted molar refractivity (Wildman–Crippen MR) is 116 cm³/mol. The molecular weight excluding hydrogens is 387 g/mol. The van der Waals surface area contributed by atoms with E-state index in [1.54, 1.807) is 31.0 Å². The van der Waals surface area contributed by atoms with Crippen molar-refractivity contribution in [2.45, 2.75) is 25.8 Å². The van der Waals surface area contributed by atoms with E-state index < -0.39 is 0 Å². The van der Waals surface area contributed by atoms with Crippen LogP contribution in [0.3, 0.4) is 0 Å². The molecule has 0 N–H and O–H groups in total. The number of carbonyl (C=O) groups excluding carboxylic acids is 1. The summed E-state index contributed by atoms with van der Waals surface area (Å²) in [6.07, 6.45) is 0. The van der Waals surface area contributed by atoms with Gasteiger partial charge in [-0.05, 0) is 41.3 Å². The van der Waals surface area contributed by atoms with E-state index >= 15 is 0 Å². The minimum absolute atomic E-state index is 0.0409. The van der Waals surface area contributed by atoms with Crippen molar-refractivity contribution in [1.29, 1.82) is 0 Å². The number of benzene rings is 2. The topological polar surface area (TPSA) is 32.8 Å². The molecule has 2 aromatic carbocycles. The number of hydrogen-bond donors (Lipinski definition) is 0. The SMILES string of the molecule is COc1cccc(CN(CC(=O)N2CCSC2c2ccc(F)cc2)CC(C)C)c1. The van der Waals surface area contributed by atoms with Crippen LogP contribution in [0.25, 0.3) is 0 Å². The molecule has 0 aliphatic carbocycles. The van der Waals surface area contributed by atoms with Crippen molar-refractivity contribution >= 4 is 17.7 Å². The summed E-state index contributed by atoms with van der Waals surface area (Å²) in [5.74, 6) is 2.04. The molecule has 1 saturated heterocycles. The lowest BCUT2D eigenvalue weighted by Gasteiger charge is -2.29. The molecule has 156 valence electrons. The molecule has 1 fully saturated rings. The van der Waals surface area contributed by atoms with Crippen LogP contribution in [0, 0.1) is 11.7 Å². The van der Waals surface area contributed by atoms with Crippen LogP contribution in [-0.4, -0.2) is 48.2 Å². The maximum absolute atomic E-state index is 13.3. The lowest BCUT2D eigenvalue weighted by molar-refractivity contribution is -0.132. The Hall–Kier alpha value is -2.05. The molecule has 1 heterocycles. The van der Waals surface area contributed by atoms with Crippen LogP contribution in [-0.2, 0) is 11.3 Å². The fourth-order valence-corrected chi connectivity index (χ4v) is 4.92. The van der Waals surface area contributed by atoms with Gasteiger partial charge in [0, 0.05) is 25.4 Å². The number of hydrogen-bond acceptors (Lipinski definition) is 4. The van der Waals surface area contributed by atoms with Gasteiger partial charge in [-0.2, -0.15) is 0 Å². The van der Waals surface area contributed by atoms with Gasteiger partial charge in [0.1, 0.15) is 16.9 Å². The Bertz CT molecular complexity index is 813. The van der Waals surface area contributed by atoms with Gasteiger partial charge in [-0.3, -0.25) is 9.69 Å². The fourth-order valence-electron chi connectivity index (χ4n) is 3.64. The molecule has 6 heteroatoms. The van der Waals surface area contributed by atoms with Gasteiger partial charge in [0.05, 0.1) is 13.7 Å². The summed E-state index contributed by atoms with van der Waals surface area (Å²) in [4.78, 5) is 17.3. The Morgan fingerprint density at radius 3 is 2.72 bits per heavy atom. The second-order valence-corrected chi connectivity index (χ2v) is 8.96. The zero-order valence-electron chi connectivity index (χ0n) is 17.3. The largest absolute Gasteiger partial charge is 0.497 e. The quantitative estimate of drug-likeness (QED) is 0.631. The molecule has 29 heavy (non-hydrogen) atoms. The highest BCUT2D eigenvalue weighted by molar-refractivity contribution is 7.99. The van der Waals surface area contributed by atoms with E-state index in [1.807, 2.05) is 23.1 Å². The lowest BCUT2D eigenvalue weighted by atomic mass is 10.1. The summed E-state index contributed by atoms with van der Waals surface area (Å²) in [5, 5.41) is -0.0409. The molecule has 4 nitrogen and oxygen atoms in total. The first-order chi connectivity index (χ1) is 14.0. The van der Waals surface area contributed by atoms with Gasteiger partial charge in [0.2, 0.25) is 5.91 Å². The summed E-state index contributed by atoms with van der Waals surface area (Å²) < 4.78 is 18.6. The second-order valence-electron chi connectivity index (χ2n) is 7.78. The molecule has 1 atom stereocenters. The van der Waals surface area contributed by atoms with Crippen LogP contribution < -0.4 is 4.74 Å². The van der Waals surface area contributed by atoms with Crippen LogP contribution in [0.15, 0.2) is 48.5 Å². The van der Waals surface area contributed by atoms with Crippen molar-refractivity contribution in [2.75, 3.05) is 32.5 Å². The second kappa shape index (κ2) is 10.1. The summed E-state index contributed by atoms with van der Waals surface area (Å²) >= 11 is 1.74. The van der Waals surface area contributed by atoms with Crippen LogP contribution in [0.5, 0.6) is 5.75 Å². The van der Waals surface area contributed by atoms with Crippen molar-refractivity contribution in [3.05, 3.63) is 65.5 Å². The number of carbonyl (C=O) groups is 1. The number of methoxy groups -OCH3 is 1. The molecule has 0 aromatic heterocycles.